The van der Waals surface area contributed by atoms with Crippen molar-refractivity contribution < 1.29 is 13.6 Å². The Hall–Kier alpha value is -2.63. The first-order valence-electron chi connectivity index (χ1n) is 11.3. The number of hydrogen-bond donors (Lipinski definition) is 0. The minimum absolute atomic E-state index is 0.0298. The average Bonchev–Trinajstić information content (AvgIpc) is 3.37. The lowest BCUT2D eigenvalue weighted by Gasteiger charge is -2.43. The Labute approximate surface area is 188 Å². The summed E-state index contributed by atoms with van der Waals surface area (Å²) in [5.74, 6) is -0.563. The first kappa shape index (κ1) is 22.6. The van der Waals surface area contributed by atoms with E-state index in [1.165, 1.54) is 24.4 Å². The van der Waals surface area contributed by atoms with Crippen molar-refractivity contribution in [3.8, 4) is 0 Å². The number of halogens is 2. The highest BCUT2D eigenvalue weighted by Crippen LogP contribution is 2.60. The molecular formula is C26H31F2N3O. The summed E-state index contributed by atoms with van der Waals surface area (Å²) >= 11 is 0. The van der Waals surface area contributed by atoms with Gasteiger partial charge in [0.1, 0.15) is 11.6 Å². The van der Waals surface area contributed by atoms with Gasteiger partial charge in [-0.05, 0) is 66.7 Å². The fourth-order valence-electron chi connectivity index (χ4n) is 5.90. The van der Waals surface area contributed by atoms with Gasteiger partial charge in [-0.3, -0.25) is 4.79 Å². The minimum atomic E-state index is -0.717. The van der Waals surface area contributed by atoms with E-state index >= 15 is 0 Å². The summed E-state index contributed by atoms with van der Waals surface area (Å²) in [6.45, 7) is 14.9. The van der Waals surface area contributed by atoms with Gasteiger partial charge in [0.15, 0.2) is 0 Å². The predicted molar refractivity (Wildman–Crippen MR) is 121 cm³/mol. The number of amides is 1. The van der Waals surface area contributed by atoms with Crippen molar-refractivity contribution in [2.45, 2.75) is 52.5 Å². The maximum absolute atomic E-state index is 14.5. The van der Waals surface area contributed by atoms with Gasteiger partial charge >= 0.3 is 0 Å². The Kier molecular flexibility index (Phi) is 5.68. The molecule has 0 N–H and O–H groups in total. The number of carbonyl (C=O) groups is 1. The van der Waals surface area contributed by atoms with Crippen LogP contribution in [-0.4, -0.2) is 23.4 Å². The number of rotatable bonds is 6. The lowest BCUT2D eigenvalue weighted by molar-refractivity contribution is -0.147. The molecule has 2 heterocycles. The molecule has 2 bridgehead atoms. The van der Waals surface area contributed by atoms with Crippen LogP contribution < -0.4 is 0 Å². The molecule has 5 rings (SSSR count). The Morgan fingerprint density at radius 1 is 1.22 bits per heavy atom. The SMILES string of the molecule is C=C/N=N\C(=C/C(=C)C1CC[C@](C)(C(=O)N2CC3CC2C3)C1(C)C)c1c(F)cccc1F. The molecule has 2 aliphatic heterocycles. The number of fused-ring (bicyclic) bond motifs is 1. The van der Waals surface area contributed by atoms with E-state index in [4.69, 9.17) is 0 Å². The zero-order valence-electron chi connectivity index (χ0n) is 19.1. The van der Waals surface area contributed by atoms with Gasteiger partial charge in [-0.1, -0.05) is 40.0 Å². The van der Waals surface area contributed by atoms with E-state index in [2.05, 4.69) is 49.1 Å². The minimum Gasteiger partial charge on any atom is -0.339 e. The summed E-state index contributed by atoms with van der Waals surface area (Å²) < 4.78 is 28.9. The third-order valence-electron chi connectivity index (χ3n) is 8.30. The second-order valence-electron chi connectivity index (χ2n) is 10.2. The lowest BCUT2D eigenvalue weighted by Crippen LogP contribution is -2.49. The molecule has 0 spiro atoms. The monoisotopic (exact) mass is 439 g/mol. The summed E-state index contributed by atoms with van der Waals surface area (Å²) in [5.41, 5.74) is -0.387. The van der Waals surface area contributed by atoms with Crippen molar-refractivity contribution in [3.05, 3.63) is 66.4 Å². The molecule has 4 fully saturated rings. The van der Waals surface area contributed by atoms with Gasteiger partial charge < -0.3 is 4.90 Å². The van der Waals surface area contributed by atoms with E-state index in [-0.39, 0.29) is 28.5 Å². The first-order chi connectivity index (χ1) is 15.1. The molecule has 1 aromatic carbocycles. The molecular weight excluding hydrogens is 408 g/mol. The normalized spacial score (nSPS) is 31.1. The lowest BCUT2D eigenvalue weighted by atomic mass is 9.63. The van der Waals surface area contributed by atoms with Crippen LogP contribution in [0, 0.1) is 34.3 Å². The molecule has 1 aromatic rings. The zero-order chi connectivity index (χ0) is 23.3. The second kappa shape index (κ2) is 8.05. The van der Waals surface area contributed by atoms with E-state index in [0.29, 0.717) is 17.5 Å². The Morgan fingerprint density at radius 2 is 1.88 bits per heavy atom. The highest BCUT2D eigenvalue weighted by molar-refractivity contribution is 5.85. The van der Waals surface area contributed by atoms with E-state index in [1.807, 2.05) is 0 Å². The van der Waals surface area contributed by atoms with Gasteiger partial charge in [-0.15, -0.1) is 0 Å². The van der Waals surface area contributed by atoms with Crippen LogP contribution in [0.3, 0.4) is 0 Å². The first-order valence-corrected chi connectivity index (χ1v) is 11.3. The standard InChI is InChI=1S/C26H31F2N3O/c1-6-29-30-22(23-20(27)8-7-9-21(23)28)12-16(2)19-10-11-26(5,25(19,3)4)24(32)31-15-17-13-18(31)14-17/h6-9,12,17-19H,1-2,10-11,13-15H2,3-5H3/b22-12-,30-29-/t17?,18?,19?,26-/m1/s1. The van der Waals surface area contributed by atoms with Gasteiger partial charge in [0, 0.05) is 18.8 Å². The van der Waals surface area contributed by atoms with Gasteiger partial charge in [0.25, 0.3) is 0 Å². The van der Waals surface area contributed by atoms with Gasteiger partial charge in [0.2, 0.25) is 5.91 Å². The number of azo groups is 1. The summed E-state index contributed by atoms with van der Waals surface area (Å²) in [6, 6.07) is 4.09. The van der Waals surface area contributed by atoms with Crippen LogP contribution in [0.4, 0.5) is 8.78 Å². The van der Waals surface area contributed by atoms with Crippen molar-refractivity contribution in [3.63, 3.8) is 0 Å². The van der Waals surface area contributed by atoms with Crippen LogP contribution in [-0.2, 0) is 4.79 Å². The highest BCUT2D eigenvalue weighted by Gasteiger charge is 2.59. The molecule has 6 heteroatoms. The van der Waals surface area contributed by atoms with Crippen molar-refractivity contribution >= 4 is 11.6 Å². The smallest absolute Gasteiger partial charge is 0.229 e. The topological polar surface area (TPSA) is 45.0 Å². The molecule has 0 radical (unpaired) electrons. The molecule has 32 heavy (non-hydrogen) atoms. The molecule has 2 saturated carbocycles. The molecule has 1 amide bonds. The van der Waals surface area contributed by atoms with Crippen molar-refractivity contribution in [2.75, 3.05) is 6.54 Å². The fourth-order valence-corrected chi connectivity index (χ4v) is 5.90. The number of benzene rings is 1. The average molecular weight is 440 g/mol. The number of nitrogens with zero attached hydrogens (tertiary/aromatic N) is 3. The Balaban J connectivity index is 1.64. The van der Waals surface area contributed by atoms with Crippen LogP contribution in [0.1, 0.15) is 52.0 Å². The number of hydrogen-bond acceptors (Lipinski definition) is 3. The van der Waals surface area contributed by atoms with Gasteiger partial charge in [0.05, 0.1) is 16.7 Å². The molecule has 2 aliphatic carbocycles. The largest absolute Gasteiger partial charge is 0.339 e. The van der Waals surface area contributed by atoms with E-state index < -0.39 is 17.0 Å². The molecule has 0 aromatic heterocycles. The maximum Gasteiger partial charge on any atom is 0.229 e. The molecule has 4 aliphatic rings. The van der Waals surface area contributed by atoms with Crippen molar-refractivity contribution in [1.82, 2.24) is 4.90 Å². The third-order valence-corrected chi connectivity index (χ3v) is 8.30. The third kappa shape index (κ3) is 3.44. The van der Waals surface area contributed by atoms with Crippen molar-refractivity contribution in [1.29, 1.82) is 0 Å². The van der Waals surface area contributed by atoms with Crippen LogP contribution in [0.25, 0.3) is 5.70 Å². The summed E-state index contributed by atoms with van der Waals surface area (Å²) in [5, 5.41) is 7.75. The van der Waals surface area contributed by atoms with E-state index in [0.717, 1.165) is 32.2 Å². The molecule has 1 unspecified atom stereocenters. The van der Waals surface area contributed by atoms with Gasteiger partial charge in [-0.2, -0.15) is 10.2 Å². The summed E-state index contributed by atoms with van der Waals surface area (Å²) in [4.78, 5) is 15.7. The summed E-state index contributed by atoms with van der Waals surface area (Å²) in [6.07, 6.45) is 6.61. The molecule has 170 valence electrons. The van der Waals surface area contributed by atoms with Crippen LogP contribution in [0.5, 0.6) is 0 Å². The molecule has 4 nitrogen and oxygen atoms in total. The second-order valence-corrected chi connectivity index (χ2v) is 10.2. The molecule has 2 saturated heterocycles. The predicted octanol–water partition coefficient (Wildman–Crippen LogP) is 6.52. The fraction of sp³-hybridized carbons (Fsp3) is 0.500. The quantitative estimate of drug-likeness (QED) is 0.368. The van der Waals surface area contributed by atoms with Crippen molar-refractivity contribution in [2.24, 2.45) is 32.9 Å². The summed E-state index contributed by atoms with van der Waals surface area (Å²) in [7, 11) is 0. The molecule has 2 atom stereocenters. The van der Waals surface area contributed by atoms with Crippen LogP contribution in [0.2, 0.25) is 0 Å². The Bertz CT molecular complexity index is 1000. The van der Waals surface area contributed by atoms with Crippen LogP contribution in [0.15, 0.2) is 59.4 Å². The zero-order valence-corrected chi connectivity index (χ0v) is 19.1. The van der Waals surface area contributed by atoms with E-state index in [9.17, 15) is 13.6 Å². The van der Waals surface area contributed by atoms with Crippen LogP contribution >= 0.6 is 0 Å². The maximum atomic E-state index is 14.5. The number of allylic oxidation sites excluding steroid dienone is 2. The van der Waals surface area contributed by atoms with Gasteiger partial charge in [-0.25, -0.2) is 8.78 Å². The number of carbonyl (C=O) groups excluding carboxylic acids is 1. The van der Waals surface area contributed by atoms with E-state index in [1.54, 1.807) is 6.08 Å². The Morgan fingerprint density at radius 3 is 2.44 bits per heavy atom. The highest BCUT2D eigenvalue weighted by atomic mass is 19.1.